The number of carbonyl (C=O) groups is 1. The second-order valence-corrected chi connectivity index (χ2v) is 11.0. The van der Waals surface area contributed by atoms with E-state index in [2.05, 4.69) is 5.32 Å². The highest BCUT2D eigenvalue weighted by molar-refractivity contribution is 7.98. The van der Waals surface area contributed by atoms with Gasteiger partial charge in [-0.25, -0.2) is 8.42 Å². The van der Waals surface area contributed by atoms with Crippen molar-refractivity contribution in [2.24, 2.45) is 0 Å². The molecule has 0 aliphatic rings. The first kappa shape index (κ1) is 26.9. The Morgan fingerprint density at radius 3 is 2.34 bits per heavy atom. The van der Waals surface area contributed by atoms with Crippen molar-refractivity contribution >= 4 is 45.0 Å². The first-order chi connectivity index (χ1) is 16.9. The van der Waals surface area contributed by atoms with Crippen LogP contribution in [0.15, 0.2) is 83.8 Å². The molecule has 0 aromatic heterocycles. The molecule has 9 heteroatoms. The standard InChI is InChI=1S/C26H29ClN2O4S2/c1-2-33-24-13-15-25(16-14-24)35(31,32)29(23-7-4-3-5-8-23)19-26(30)28-17-6-18-34-20-21-9-11-22(27)12-10-21/h3-5,7-16H,2,6,17-20H2,1H3,(H,28,30). The van der Waals surface area contributed by atoms with Gasteiger partial charge in [-0.05, 0) is 73.2 Å². The number of carbonyl (C=O) groups excluding carboxylic acids is 1. The molecule has 0 unspecified atom stereocenters. The molecule has 3 aromatic carbocycles. The summed E-state index contributed by atoms with van der Waals surface area (Å²) in [6.07, 6.45) is 0.779. The Balaban J connectivity index is 1.56. The number of anilines is 1. The summed E-state index contributed by atoms with van der Waals surface area (Å²) in [6, 6.07) is 22.6. The van der Waals surface area contributed by atoms with Gasteiger partial charge in [0.25, 0.3) is 10.0 Å². The molecule has 0 spiro atoms. The lowest BCUT2D eigenvalue weighted by molar-refractivity contribution is -0.119. The molecule has 1 N–H and O–H groups in total. The number of halogens is 1. The lowest BCUT2D eigenvalue weighted by Crippen LogP contribution is -2.41. The maximum absolute atomic E-state index is 13.4. The van der Waals surface area contributed by atoms with Crippen molar-refractivity contribution in [1.29, 1.82) is 0 Å². The van der Waals surface area contributed by atoms with Gasteiger partial charge in [0.1, 0.15) is 12.3 Å². The van der Waals surface area contributed by atoms with Gasteiger partial charge in [0.2, 0.25) is 5.91 Å². The van der Waals surface area contributed by atoms with Gasteiger partial charge in [0, 0.05) is 17.3 Å². The number of nitrogens with zero attached hydrogens (tertiary/aromatic N) is 1. The quantitative estimate of drug-likeness (QED) is 0.299. The maximum Gasteiger partial charge on any atom is 0.264 e. The lowest BCUT2D eigenvalue weighted by Gasteiger charge is -2.24. The molecule has 0 saturated heterocycles. The average Bonchev–Trinajstić information content (AvgIpc) is 2.87. The summed E-state index contributed by atoms with van der Waals surface area (Å²) in [5.74, 6) is 1.97. The van der Waals surface area contributed by atoms with Gasteiger partial charge in [-0.2, -0.15) is 11.8 Å². The number of rotatable bonds is 13. The molecule has 35 heavy (non-hydrogen) atoms. The Morgan fingerprint density at radius 1 is 1.00 bits per heavy atom. The first-order valence-electron chi connectivity index (χ1n) is 11.3. The van der Waals surface area contributed by atoms with E-state index in [4.69, 9.17) is 16.3 Å². The van der Waals surface area contributed by atoms with Crippen LogP contribution in [0.5, 0.6) is 5.75 Å². The number of hydrogen-bond acceptors (Lipinski definition) is 5. The zero-order valence-corrected chi connectivity index (χ0v) is 21.9. The number of para-hydroxylation sites is 1. The van der Waals surface area contributed by atoms with Gasteiger partial charge in [-0.1, -0.05) is 41.9 Å². The highest BCUT2D eigenvalue weighted by Crippen LogP contribution is 2.25. The van der Waals surface area contributed by atoms with Gasteiger partial charge in [-0.3, -0.25) is 9.10 Å². The summed E-state index contributed by atoms with van der Waals surface area (Å²) in [5, 5.41) is 3.56. The Labute approximate surface area is 216 Å². The van der Waals surface area contributed by atoms with Crippen LogP contribution in [0.4, 0.5) is 5.69 Å². The molecule has 0 saturated carbocycles. The van der Waals surface area contributed by atoms with Crippen molar-refractivity contribution in [3.8, 4) is 5.75 Å². The van der Waals surface area contributed by atoms with E-state index < -0.39 is 10.0 Å². The molecule has 0 aliphatic heterocycles. The molecular weight excluding hydrogens is 504 g/mol. The number of amides is 1. The average molecular weight is 533 g/mol. The molecule has 0 bridgehead atoms. The summed E-state index contributed by atoms with van der Waals surface area (Å²) in [4.78, 5) is 12.8. The van der Waals surface area contributed by atoms with Crippen LogP contribution in [0.25, 0.3) is 0 Å². The lowest BCUT2D eigenvalue weighted by atomic mass is 10.2. The van der Waals surface area contributed by atoms with E-state index in [1.807, 2.05) is 31.2 Å². The Kier molecular flexibility index (Phi) is 10.3. The van der Waals surface area contributed by atoms with Crippen molar-refractivity contribution in [3.63, 3.8) is 0 Å². The van der Waals surface area contributed by atoms with Crippen LogP contribution in [0, 0.1) is 0 Å². The van der Waals surface area contributed by atoms with Crippen molar-refractivity contribution in [2.75, 3.05) is 29.8 Å². The number of nitrogens with one attached hydrogen (secondary N) is 1. The molecule has 0 atom stereocenters. The number of thioether (sulfide) groups is 1. The predicted octanol–water partition coefficient (Wildman–Crippen LogP) is 5.37. The summed E-state index contributed by atoms with van der Waals surface area (Å²) in [6.45, 7) is 2.51. The number of sulfonamides is 1. The normalized spacial score (nSPS) is 11.1. The fourth-order valence-corrected chi connectivity index (χ4v) is 5.74. The van der Waals surface area contributed by atoms with Crippen LogP contribution >= 0.6 is 23.4 Å². The highest BCUT2D eigenvalue weighted by atomic mass is 35.5. The fourth-order valence-electron chi connectivity index (χ4n) is 3.27. The summed E-state index contributed by atoms with van der Waals surface area (Å²) in [7, 11) is -3.95. The van der Waals surface area contributed by atoms with Crippen LogP contribution in [-0.2, 0) is 20.6 Å². The summed E-state index contributed by atoms with van der Waals surface area (Å²) in [5.41, 5.74) is 1.62. The SMILES string of the molecule is CCOc1ccc(S(=O)(=O)N(CC(=O)NCCCSCc2ccc(Cl)cc2)c2ccccc2)cc1. The fraction of sp³-hybridized carbons (Fsp3) is 0.269. The molecule has 6 nitrogen and oxygen atoms in total. The minimum atomic E-state index is -3.95. The predicted molar refractivity (Wildman–Crippen MR) is 144 cm³/mol. The molecule has 1 amide bonds. The van der Waals surface area contributed by atoms with Crippen LogP contribution in [0.3, 0.4) is 0 Å². The van der Waals surface area contributed by atoms with Gasteiger partial charge >= 0.3 is 0 Å². The van der Waals surface area contributed by atoms with Crippen LogP contribution < -0.4 is 14.4 Å². The van der Waals surface area contributed by atoms with Gasteiger partial charge < -0.3 is 10.1 Å². The molecule has 186 valence electrons. The minimum Gasteiger partial charge on any atom is -0.494 e. The molecular formula is C26H29ClN2O4S2. The highest BCUT2D eigenvalue weighted by Gasteiger charge is 2.27. The van der Waals surface area contributed by atoms with Crippen molar-refractivity contribution in [2.45, 2.75) is 24.0 Å². The summed E-state index contributed by atoms with van der Waals surface area (Å²) < 4.78 is 33.3. The van der Waals surface area contributed by atoms with E-state index in [-0.39, 0.29) is 17.3 Å². The number of hydrogen-bond donors (Lipinski definition) is 1. The molecule has 0 radical (unpaired) electrons. The van der Waals surface area contributed by atoms with E-state index in [1.54, 1.807) is 54.2 Å². The van der Waals surface area contributed by atoms with Crippen molar-refractivity contribution in [1.82, 2.24) is 5.32 Å². The zero-order valence-electron chi connectivity index (χ0n) is 19.5. The smallest absolute Gasteiger partial charge is 0.264 e. The largest absolute Gasteiger partial charge is 0.494 e. The Morgan fingerprint density at radius 2 is 1.69 bits per heavy atom. The Hall–Kier alpha value is -2.68. The Bertz CT molecular complexity index is 1170. The molecule has 0 fully saturated rings. The van der Waals surface area contributed by atoms with Crippen LogP contribution in [0.2, 0.25) is 5.02 Å². The monoisotopic (exact) mass is 532 g/mol. The third-order valence-corrected chi connectivity index (χ3v) is 8.18. The zero-order chi connectivity index (χ0) is 25.1. The van der Waals surface area contributed by atoms with Crippen molar-refractivity contribution < 1.29 is 17.9 Å². The van der Waals surface area contributed by atoms with E-state index in [1.165, 1.54) is 17.7 Å². The number of ether oxygens (including phenoxy) is 1. The van der Waals surface area contributed by atoms with Gasteiger partial charge in [-0.15, -0.1) is 0 Å². The molecule has 0 aliphatic carbocycles. The topological polar surface area (TPSA) is 75.7 Å². The van der Waals surface area contributed by atoms with Crippen LogP contribution in [0.1, 0.15) is 18.9 Å². The minimum absolute atomic E-state index is 0.0937. The van der Waals surface area contributed by atoms with E-state index >= 15 is 0 Å². The molecule has 3 aromatic rings. The van der Waals surface area contributed by atoms with Crippen LogP contribution in [-0.4, -0.2) is 39.8 Å². The van der Waals surface area contributed by atoms with E-state index in [9.17, 15) is 13.2 Å². The first-order valence-corrected chi connectivity index (χ1v) is 14.3. The van der Waals surface area contributed by atoms with E-state index in [0.717, 1.165) is 27.3 Å². The van der Waals surface area contributed by atoms with E-state index in [0.29, 0.717) is 24.6 Å². The van der Waals surface area contributed by atoms with Gasteiger partial charge in [0.05, 0.1) is 17.2 Å². The second-order valence-electron chi connectivity index (χ2n) is 7.63. The van der Waals surface area contributed by atoms with Crippen molar-refractivity contribution in [3.05, 3.63) is 89.4 Å². The molecule has 3 rings (SSSR count). The maximum atomic E-state index is 13.4. The summed E-state index contributed by atoms with van der Waals surface area (Å²) >= 11 is 7.68. The second kappa shape index (κ2) is 13.4. The van der Waals surface area contributed by atoms with Gasteiger partial charge in [0.15, 0.2) is 0 Å². The third kappa shape index (κ3) is 8.19. The third-order valence-electron chi connectivity index (χ3n) is 5.02. The molecule has 0 heterocycles. The number of benzene rings is 3.